The van der Waals surface area contributed by atoms with E-state index in [1.54, 1.807) is 0 Å². The molecule has 1 rings (SSSR count). The summed E-state index contributed by atoms with van der Waals surface area (Å²) in [5.74, 6) is -15.4. The summed E-state index contributed by atoms with van der Waals surface area (Å²) in [5.41, 5.74) is -7.42. The number of alkyl halides is 9. The Bertz CT molecular complexity index is 454. The van der Waals surface area contributed by atoms with Crippen LogP contribution in [0.15, 0.2) is 0 Å². The summed E-state index contributed by atoms with van der Waals surface area (Å²) in [6.07, 6.45) is -6.49. The summed E-state index contributed by atoms with van der Waals surface area (Å²) in [6.45, 7) is 0. The highest BCUT2D eigenvalue weighted by Crippen LogP contribution is 2.80. The fourth-order valence-corrected chi connectivity index (χ4v) is 1.49. The Hall–Kier alpha value is -1.27. The molecule has 0 spiro atoms. The Morgan fingerprint density at radius 1 is 0.708 bits per heavy atom. The third-order valence-corrected chi connectivity index (χ3v) is 3.22. The van der Waals surface area contributed by atoms with Crippen LogP contribution in [-0.2, 0) is 9.59 Å². The Kier molecular flexibility index (Phi) is 6.21. The summed E-state index contributed by atoms with van der Waals surface area (Å²) in [7, 11) is -8.47. The van der Waals surface area contributed by atoms with E-state index in [1.807, 2.05) is 0 Å². The Balaban J connectivity index is 0.000000620. The molecule has 0 saturated carbocycles. The van der Waals surface area contributed by atoms with Crippen LogP contribution >= 0.6 is 8.19 Å². The number of imide groups is 1. The summed E-state index contributed by atoms with van der Waals surface area (Å²) in [5, 5.41) is 2.14. The highest BCUT2D eigenvalue weighted by molar-refractivity contribution is 7.61. The number of carbonyl (C=O) groups excluding carboxylic acids is 2. The van der Waals surface area contributed by atoms with E-state index in [9.17, 15) is 61.7 Å². The van der Waals surface area contributed by atoms with Crippen LogP contribution in [-0.4, -0.2) is 35.5 Å². The number of halogens is 12. The van der Waals surface area contributed by atoms with Crippen molar-refractivity contribution in [2.75, 3.05) is 0 Å². The van der Waals surface area contributed by atoms with E-state index in [-0.39, 0.29) is 11.8 Å². The zero-order valence-electron chi connectivity index (χ0n) is 10.7. The molecule has 1 fully saturated rings. The van der Waals surface area contributed by atoms with Gasteiger partial charge in [-0.05, 0) is 0 Å². The van der Waals surface area contributed by atoms with Crippen LogP contribution in [0.2, 0.25) is 0 Å². The summed E-state index contributed by atoms with van der Waals surface area (Å²) < 4.78 is 140. The van der Waals surface area contributed by atoms with E-state index >= 15 is 0 Å². The number of hydrogen-bond donors (Lipinski definition) is 1. The van der Waals surface area contributed by atoms with Crippen molar-refractivity contribution in [2.45, 2.75) is 36.5 Å². The molecule has 2 amide bonds. The molecule has 1 aliphatic heterocycles. The summed E-state index contributed by atoms with van der Waals surface area (Å²) >= 11 is 0. The van der Waals surface area contributed by atoms with Crippen molar-refractivity contribution in [2.24, 2.45) is 0 Å². The van der Waals surface area contributed by atoms with Gasteiger partial charge in [-0.15, -0.1) is 0 Å². The first kappa shape index (κ1) is 22.7. The van der Waals surface area contributed by atoms with Crippen LogP contribution < -0.4 is 5.32 Å². The lowest BCUT2D eigenvalue weighted by Crippen LogP contribution is -2.60. The third-order valence-electron chi connectivity index (χ3n) is 2.30. The van der Waals surface area contributed by atoms with Crippen LogP contribution in [0.5, 0.6) is 0 Å². The maximum atomic E-state index is 12.1. The average molecular weight is 406 g/mol. The number of nitrogens with one attached hydrogen (secondary N) is 1. The van der Waals surface area contributed by atoms with Gasteiger partial charge >= 0.3 is 31.9 Å². The van der Waals surface area contributed by atoms with Gasteiger partial charge in [-0.3, -0.25) is 14.9 Å². The molecule has 0 aliphatic carbocycles. The minimum atomic E-state index is -8.47. The first-order valence-corrected chi connectivity index (χ1v) is 6.76. The predicted molar refractivity (Wildman–Crippen MR) is 53.5 cm³/mol. The molecular weight excluding hydrogens is 401 g/mol. The monoisotopic (exact) mass is 406 g/mol. The van der Waals surface area contributed by atoms with Crippen LogP contribution in [0.1, 0.15) is 12.8 Å². The third kappa shape index (κ3) is 4.22. The second-order valence-corrected chi connectivity index (χ2v) is 5.56. The molecular formula is C8H5F12NO2P+. The van der Waals surface area contributed by atoms with E-state index < -0.39 is 31.9 Å². The topological polar surface area (TPSA) is 46.2 Å². The lowest BCUT2D eigenvalue weighted by atomic mass is 10.1. The van der Waals surface area contributed by atoms with E-state index in [0.29, 0.717) is 12.8 Å². The molecule has 16 heteroatoms. The van der Waals surface area contributed by atoms with Crippen molar-refractivity contribution >= 4 is 20.0 Å². The van der Waals surface area contributed by atoms with Gasteiger partial charge in [0.25, 0.3) is 0 Å². The van der Waals surface area contributed by atoms with E-state index in [4.69, 9.17) is 0 Å². The highest BCUT2D eigenvalue weighted by atomic mass is 31.3. The van der Waals surface area contributed by atoms with Crippen molar-refractivity contribution in [1.82, 2.24) is 5.32 Å². The largest absolute Gasteiger partial charge is 0.644 e. The van der Waals surface area contributed by atoms with Crippen molar-refractivity contribution < 1.29 is 61.7 Å². The minimum Gasteiger partial charge on any atom is -0.296 e. The standard InChI is InChI=1S/C4F12P.C4H5NO2/c5-1(6,3(9,10)11)2(7,8)4(12,13)17(14,15)16;6-3-1-2-4(7)5-3/h;1-2H2,(H,5,6,7)/q+1;. The Morgan fingerprint density at radius 3 is 1.21 bits per heavy atom. The fraction of sp³-hybridized carbons (Fsp3) is 0.750. The molecule has 0 atom stereocenters. The molecule has 1 heterocycles. The molecule has 0 unspecified atom stereocenters. The SMILES string of the molecule is FC(F)(F)C(F)(F)C(F)(F)C(F)(F)[P+](F)(F)F.O=C1CCC(=O)N1. The molecule has 1 N–H and O–H groups in total. The molecule has 0 aromatic carbocycles. The normalized spacial score (nSPS) is 17.3. The van der Waals surface area contributed by atoms with E-state index in [1.165, 1.54) is 0 Å². The Labute approximate surface area is 125 Å². The maximum Gasteiger partial charge on any atom is 0.644 e. The van der Waals surface area contributed by atoms with Gasteiger partial charge in [0, 0.05) is 25.4 Å². The lowest BCUT2D eigenvalue weighted by molar-refractivity contribution is -0.383. The van der Waals surface area contributed by atoms with Crippen LogP contribution in [0.25, 0.3) is 0 Å². The first-order valence-electron chi connectivity index (χ1n) is 5.30. The number of rotatable bonds is 3. The van der Waals surface area contributed by atoms with Gasteiger partial charge in [0.1, 0.15) is 0 Å². The zero-order chi connectivity index (χ0) is 19.8. The summed E-state index contributed by atoms with van der Waals surface area (Å²) in [4.78, 5) is 20.2. The molecule has 1 saturated heterocycles. The lowest BCUT2D eigenvalue weighted by Gasteiger charge is -2.29. The highest BCUT2D eigenvalue weighted by Gasteiger charge is 2.94. The van der Waals surface area contributed by atoms with Gasteiger partial charge in [0.2, 0.25) is 11.8 Å². The number of carbonyl (C=O) groups is 2. The van der Waals surface area contributed by atoms with Gasteiger partial charge in [-0.25, -0.2) is 0 Å². The first-order chi connectivity index (χ1) is 10.3. The molecule has 3 nitrogen and oxygen atoms in total. The number of amides is 2. The smallest absolute Gasteiger partial charge is 0.296 e. The quantitative estimate of drug-likeness (QED) is 0.426. The van der Waals surface area contributed by atoms with Crippen molar-refractivity contribution in [3.63, 3.8) is 0 Å². The second kappa shape index (κ2) is 6.56. The van der Waals surface area contributed by atoms with Gasteiger partial charge in [0.05, 0.1) is 0 Å². The van der Waals surface area contributed by atoms with Crippen molar-refractivity contribution in [3.8, 4) is 0 Å². The van der Waals surface area contributed by atoms with Crippen LogP contribution in [0.3, 0.4) is 0 Å². The molecule has 142 valence electrons. The molecule has 0 aromatic heterocycles. The molecule has 0 aromatic rings. The van der Waals surface area contributed by atoms with Crippen molar-refractivity contribution in [1.29, 1.82) is 0 Å². The number of hydrogen-bond acceptors (Lipinski definition) is 2. The van der Waals surface area contributed by atoms with E-state index in [0.717, 1.165) is 0 Å². The van der Waals surface area contributed by atoms with Gasteiger partial charge in [0.15, 0.2) is 0 Å². The second-order valence-electron chi connectivity index (χ2n) is 4.10. The average Bonchev–Trinajstić information content (AvgIpc) is 2.70. The van der Waals surface area contributed by atoms with Gasteiger partial charge in [-0.2, -0.15) is 39.5 Å². The van der Waals surface area contributed by atoms with Gasteiger partial charge < -0.3 is 0 Å². The van der Waals surface area contributed by atoms with Crippen LogP contribution in [0.4, 0.5) is 52.1 Å². The predicted octanol–water partition coefficient (Wildman–Crippen LogP) is 4.51. The molecule has 1 aliphatic rings. The fourth-order valence-electron chi connectivity index (χ4n) is 1.03. The van der Waals surface area contributed by atoms with Gasteiger partial charge in [-0.1, -0.05) is 0 Å². The minimum absolute atomic E-state index is 0.148. The molecule has 24 heavy (non-hydrogen) atoms. The maximum absolute atomic E-state index is 12.1. The van der Waals surface area contributed by atoms with Crippen molar-refractivity contribution in [3.05, 3.63) is 0 Å². The Morgan fingerprint density at radius 2 is 1.04 bits per heavy atom. The van der Waals surface area contributed by atoms with E-state index in [2.05, 4.69) is 5.32 Å². The van der Waals surface area contributed by atoms with Crippen LogP contribution in [0, 0.1) is 0 Å². The zero-order valence-corrected chi connectivity index (χ0v) is 11.6. The summed E-state index contributed by atoms with van der Waals surface area (Å²) in [6, 6.07) is 0. The molecule has 0 radical (unpaired) electrons. The molecule has 0 bridgehead atoms.